The predicted octanol–water partition coefficient (Wildman–Crippen LogP) is -3.50. The molecule has 0 aromatic carbocycles. The van der Waals surface area contributed by atoms with Gasteiger partial charge in [-0.2, -0.15) is 8.62 Å². The van der Waals surface area contributed by atoms with E-state index in [9.17, 15) is 33.9 Å². The van der Waals surface area contributed by atoms with Crippen molar-refractivity contribution in [1.29, 1.82) is 0 Å². The Morgan fingerprint density at radius 3 is 2.37 bits per heavy atom. The SMILES string of the molecule is NC1=NC(O)C2=C(NCC(C(O)C(O)COP(=O)(O)OP(=O)(O)OP(=O)(O)O)=N2)N1. The van der Waals surface area contributed by atoms with E-state index < -0.39 is 48.5 Å². The van der Waals surface area contributed by atoms with E-state index >= 15 is 0 Å². The van der Waals surface area contributed by atoms with E-state index in [1.807, 2.05) is 0 Å². The van der Waals surface area contributed by atoms with Crippen LogP contribution in [-0.2, 0) is 26.8 Å². The molecular weight excluding hydrogens is 479 g/mol. The van der Waals surface area contributed by atoms with Crippen molar-refractivity contribution >= 4 is 35.1 Å². The van der Waals surface area contributed by atoms with Gasteiger partial charge in [0.25, 0.3) is 0 Å². The van der Waals surface area contributed by atoms with Gasteiger partial charge in [-0.3, -0.25) is 4.52 Å². The maximum absolute atomic E-state index is 11.6. The Morgan fingerprint density at radius 1 is 1.13 bits per heavy atom. The van der Waals surface area contributed by atoms with Crippen LogP contribution in [0.25, 0.3) is 0 Å². The second-order valence-corrected chi connectivity index (χ2v) is 10.0. The van der Waals surface area contributed by atoms with Gasteiger partial charge >= 0.3 is 23.5 Å². The molecule has 0 bridgehead atoms. The highest BCUT2D eigenvalue weighted by Crippen LogP contribution is 2.66. The lowest BCUT2D eigenvalue weighted by Gasteiger charge is -2.29. The summed E-state index contributed by atoms with van der Waals surface area (Å²) in [5.41, 5.74) is 5.22. The summed E-state index contributed by atoms with van der Waals surface area (Å²) in [7, 11) is -16.7. The van der Waals surface area contributed by atoms with Crippen LogP contribution >= 0.6 is 23.5 Å². The molecular formula is C9H18N5O13P3. The standard InChI is InChI=1S/C9H18N5O13P3/c10-9-13-7-5(8(17)14-9)12-3(1-11-7)6(16)4(15)2-25-29(21,22)27-30(23,24)26-28(18,19)20/h4,6,8,11,15-17H,1-2H2,(H,21,22)(H,23,24)(H3,10,13,14)(H2,18,19,20). The van der Waals surface area contributed by atoms with E-state index in [2.05, 4.69) is 33.8 Å². The van der Waals surface area contributed by atoms with Gasteiger partial charge < -0.3 is 51.3 Å². The topological polar surface area (TPSA) is 295 Å². The van der Waals surface area contributed by atoms with Crippen LogP contribution < -0.4 is 16.4 Å². The number of nitrogens with two attached hydrogens (primary N) is 1. The first-order valence-electron chi connectivity index (χ1n) is 7.57. The molecule has 0 spiro atoms. The molecule has 5 atom stereocenters. The molecule has 0 radical (unpaired) electrons. The minimum atomic E-state index is -5.72. The van der Waals surface area contributed by atoms with Gasteiger partial charge in [0, 0.05) is 0 Å². The van der Waals surface area contributed by atoms with Gasteiger partial charge in [-0.05, 0) is 0 Å². The summed E-state index contributed by atoms with van der Waals surface area (Å²) in [6.45, 7) is -1.30. The second-order valence-electron chi connectivity index (χ2n) is 5.63. The maximum Gasteiger partial charge on any atom is 0.490 e. The Hall–Kier alpha value is -1.23. The molecule has 0 aliphatic carbocycles. The smallest absolute Gasteiger partial charge is 0.388 e. The molecule has 2 aliphatic heterocycles. The monoisotopic (exact) mass is 497 g/mol. The van der Waals surface area contributed by atoms with Crippen molar-refractivity contribution in [3.05, 3.63) is 11.5 Å². The van der Waals surface area contributed by atoms with Crippen LogP contribution in [0.1, 0.15) is 0 Å². The predicted molar refractivity (Wildman–Crippen MR) is 95.1 cm³/mol. The molecule has 18 nitrogen and oxygen atoms in total. The molecule has 0 aromatic heterocycles. The number of aliphatic hydroxyl groups is 3. The minimum absolute atomic E-state index is 0.0652. The van der Waals surface area contributed by atoms with E-state index in [1.54, 1.807) is 0 Å². The van der Waals surface area contributed by atoms with E-state index in [0.29, 0.717) is 0 Å². The van der Waals surface area contributed by atoms with Crippen LogP contribution in [0.5, 0.6) is 0 Å². The molecule has 2 heterocycles. The van der Waals surface area contributed by atoms with Crippen molar-refractivity contribution < 1.29 is 61.7 Å². The fraction of sp³-hybridized carbons (Fsp3) is 0.556. The largest absolute Gasteiger partial charge is 0.490 e. The Morgan fingerprint density at radius 2 is 1.77 bits per heavy atom. The summed E-state index contributed by atoms with van der Waals surface area (Å²) in [5.74, 6) is 0.109. The number of hydrogen-bond donors (Lipinski definition) is 10. The number of aliphatic hydroxyl groups excluding tert-OH is 3. The third kappa shape index (κ3) is 7.18. The van der Waals surface area contributed by atoms with E-state index in [-0.39, 0.29) is 29.7 Å². The maximum atomic E-state index is 11.6. The summed E-state index contributed by atoms with van der Waals surface area (Å²) >= 11 is 0. The first-order valence-corrected chi connectivity index (χ1v) is 12.1. The third-order valence-corrected chi connectivity index (χ3v) is 7.06. The van der Waals surface area contributed by atoms with Crippen LogP contribution in [0.4, 0.5) is 0 Å². The van der Waals surface area contributed by atoms with Gasteiger partial charge in [0.15, 0.2) is 12.2 Å². The summed E-state index contributed by atoms with van der Waals surface area (Å²) in [5, 5.41) is 35.2. The van der Waals surface area contributed by atoms with E-state index in [4.69, 9.17) is 20.4 Å². The molecule has 2 rings (SSSR count). The van der Waals surface area contributed by atoms with E-state index in [0.717, 1.165) is 0 Å². The Labute approximate surface area is 167 Å². The zero-order valence-corrected chi connectivity index (χ0v) is 17.2. The lowest BCUT2D eigenvalue weighted by molar-refractivity contribution is 0.0163. The zero-order valence-electron chi connectivity index (χ0n) is 14.5. The Balaban J connectivity index is 1.98. The van der Waals surface area contributed by atoms with Crippen molar-refractivity contribution in [2.45, 2.75) is 18.4 Å². The average Bonchev–Trinajstić information content (AvgIpc) is 2.55. The number of hydrogen-bond acceptors (Lipinski definition) is 14. The zero-order chi connectivity index (χ0) is 22.9. The molecule has 0 aromatic rings. The molecule has 0 saturated heterocycles. The van der Waals surface area contributed by atoms with Gasteiger partial charge in [0.2, 0.25) is 0 Å². The van der Waals surface area contributed by atoms with Crippen molar-refractivity contribution in [2.75, 3.05) is 13.2 Å². The fourth-order valence-corrected chi connectivity index (χ4v) is 5.16. The summed E-state index contributed by atoms with van der Waals surface area (Å²) < 4.78 is 44.6. The molecule has 5 unspecified atom stereocenters. The van der Waals surface area contributed by atoms with Gasteiger partial charge in [-0.15, -0.1) is 0 Å². The normalized spacial score (nSPS) is 25.5. The quantitative estimate of drug-likeness (QED) is 0.138. The number of phosphoric acid groups is 3. The Bertz CT molecular complexity index is 914. The van der Waals surface area contributed by atoms with Crippen LogP contribution in [0.2, 0.25) is 0 Å². The minimum Gasteiger partial charge on any atom is -0.388 e. The fourth-order valence-electron chi connectivity index (χ4n) is 2.13. The first kappa shape index (κ1) is 25.0. The first-order chi connectivity index (χ1) is 13.6. The van der Waals surface area contributed by atoms with Gasteiger partial charge in [-0.25, -0.2) is 23.7 Å². The number of rotatable bonds is 9. The lowest BCUT2D eigenvalue weighted by atomic mass is 10.1. The van der Waals surface area contributed by atoms with Crippen LogP contribution in [0, 0.1) is 0 Å². The number of nitrogens with one attached hydrogen (secondary N) is 2. The van der Waals surface area contributed by atoms with Crippen LogP contribution in [-0.4, -0.2) is 78.2 Å². The van der Waals surface area contributed by atoms with Crippen molar-refractivity contribution in [3.63, 3.8) is 0 Å². The lowest BCUT2D eigenvalue weighted by Crippen LogP contribution is -2.49. The Kier molecular flexibility index (Phi) is 7.59. The highest BCUT2D eigenvalue weighted by Gasteiger charge is 2.41. The van der Waals surface area contributed by atoms with Crippen LogP contribution in [0.3, 0.4) is 0 Å². The molecule has 0 amide bonds. The molecule has 0 saturated carbocycles. The van der Waals surface area contributed by atoms with Gasteiger partial charge in [0.05, 0.1) is 18.9 Å². The number of nitrogens with zero attached hydrogens (tertiary/aromatic N) is 2. The number of aliphatic imine (C=N–C) groups is 2. The van der Waals surface area contributed by atoms with Gasteiger partial charge in [-0.1, -0.05) is 0 Å². The molecule has 21 heteroatoms. The van der Waals surface area contributed by atoms with Crippen molar-refractivity contribution in [2.24, 2.45) is 15.7 Å². The molecule has 0 fully saturated rings. The highest BCUT2D eigenvalue weighted by molar-refractivity contribution is 7.66. The number of phosphoric ester groups is 1. The van der Waals surface area contributed by atoms with Crippen molar-refractivity contribution in [1.82, 2.24) is 10.6 Å². The summed E-state index contributed by atoms with van der Waals surface area (Å²) in [4.78, 5) is 42.8. The number of guanidine groups is 1. The third-order valence-electron chi connectivity index (χ3n) is 3.26. The molecule has 172 valence electrons. The van der Waals surface area contributed by atoms with E-state index in [1.165, 1.54) is 0 Å². The molecule has 30 heavy (non-hydrogen) atoms. The molecule has 11 N–H and O–H groups in total. The highest BCUT2D eigenvalue weighted by atomic mass is 31.3. The second kappa shape index (κ2) is 9.10. The summed E-state index contributed by atoms with van der Waals surface area (Å²) in [6, 6.07) is 0. The molecule has 2 aliphatic rings. The van der Waals surface area contributed by atoms with Gasteiger partial charge in [0.1, 0.15) is 23.7 Å². The average molecular weight is 497 g/mol. The van der Waals surface area contributed by atoms with Crippen LogP contribution in [0.15, 0.2) is 21.5 Å². The van der Waals surface area contributed by atoms with Crippen molar-refractivity contribution in [3.8, 4) is 0 Å². The summed E-state index contributed by atoms with van der Waals surface area (Å²) in [6.07, 6.45) is -5.21.